The van der Waals surface area contributed by atoms with E-state index in [0.717, 1.165) is 25.8 Å². The molecule has 0 saturated heterocycles. The van der Waals surface area contributed by atoms with Crippen LogP contribution in [0.15, 0.2) is 0 Å². The van der Waals surface area contributed by atoms with Crippen LogP contribution in [0.5, 0.6) is 0 Å². The third kappa shape index (κ3) is 9.42. The smallest absolute Gasteiger partial charge is 0.322 e. The highest BCUT2D eigenvalue weighted by Crippen LogP contribution is 2.22. The first-order valence-electron chi connectivity index (χ1n) is 9.16. The summed E-state index contributed by atoms with van der Waals surface area (Å²) in [5.41, 5.74) is 5.94. The zero-order chi connectivity index (χ0) is 16.2. The van der Waals surface area contributed by atoms with E-state index in [0.29, 0.717) is 12.5 Å². The Hall–Kier alpha value is -0.610. The first-order valence-corrected chi connectivity index (χ1v) is 9.16. The van der Waals surface area contributed by atoms with E-state index >= 15 is 0 Å². The minimum Gasteiger partial charge on any atom is -0.464 e. The number of nitrogens with zero attached hydrogens (tertiary/aromatic N) is 1. The number of carbonyl (C=O) groups is 1. The number of hydrogen-bond donors (Lipinski definition) is 1. The Bertz CT molecular complexity index is 285. The zero-order valence-corrected chi connectivity index (χ0v) is 14.7. The van der Waals surface area contributed by atoms with Gasteiger partial charge in [0.05, 0.1) is 6.61 Å². The fraction of sp³-hybridized carbons (Fsp3) is 0.944. The van der Waals surface area contributed by atoms with Crippen LogP contribution < -0.4 is 5.73 Å². The molecule has 0 spiro atoms. The molecule has 1 rings (SSSR count). The molecule has 2 N–H and O–H groups in total. The van der Waals surface area contributed by atoms with E-state index < -0.39 is 6.04 Å². The van der Waals surface area contributed by atoms with Gasteiger partial charge in [-0.3, -0.25) is 4.79 Å². The molecule has 0 amide bonds. The van der Waals surface area contributed by atoms with E-state index in [1.807, 2.05) is 0 Å². The normalized spacial score (nSPS) is 19.3. The minimum atomic E-state index is -0.446. The van der Waals surface area contributed by atoms with Crippen LogP contribution in [0.2, 0.25) is 0 Å². The standard InChI is InChI=1S/C18H36N2O2/c1-20(2)14-10-9-13-17(19)18(21)22-15-16-11-7-5-3-4-6-8-12-16/h16-17H,3-15,19H2,1-2H3/t17-/m0/s1. The number of hydrogen-bond acceptors (Lipinski definition) is 4. The zero-order valence-electron chi connectivity index (χ0n) is 14.7. The van der Waals surface area contributed by atoms with Gasteiger partial charge in [0, 0.05) is 0 Å². The van der Waals surface area contributed by atoms with Gasteiger partial charge in [0.1, 0.15) is 6.04 Å². The molecule has 0 heterocycles. The summed E-state index contributed by atoms with van der Waals surface area (Å²) >= 11 is 0. The molecule has 1 saturated carbocycles. The van der Waals surface area contributed by atoms with Crippen molar-refractivity contribution >= 4 is 5.97 Å². The summed E-state index contributed by atoms with van der Waals surface area (Å²) in [6.07, 6.45) is 13.1. The molecule has 1 aliphatic rings. The van der Waals surface area contributed by atoms with Crippen LogP contribution in [0, 0.1) is 5.92 Å². The summed E-state index contributed by atoms with van der Waals surface area (Å²) in [7, 11) is 4.12. The maximum absolute atomic E-state index is 12.0. The van der Waals surface area contributed by atoms with Crippen molar-refractivity contribution in [3.63, 3.8) is 0 Å². The molecule has 0 aromatic carbocycles. The number of unbranched alkanes of at least 4 members (excludes halogenated alkanes) is 1. The third-order valence-electron chi connectivity index (χ3n) is 4.61. The molecule has 1 aliphatic carbocycles. The molecule has 0 aliphatic heterocycles. The van der Waals surface area contributed by atoms with Gasteiger partial charge in [-0.25, -0.2) is 0 Å². The quantitative estimate of drug-likeness (QED) is 0.552. The molecular formula is C18H36N2O2. The van der Waals surface area contributed by atoms with Crippen molar-refractivity contribution in [2.24, 2.45) is 11.7 Å². The molecule has 0 aromatic heterocycles. The summed E-state index contributed by atoms with van der Waals surface area (Å²) in [6.45, 7) is 1.62. The topological polar surface area (TPSA) is 55.6 Å². The van der Waals surface area contributed by atoms with Crippen LogP contribution in [0.3, 0.4) is 0 Å². The second-order valence-electron chi connectivity index (χ2n) is 7.10. The van der Waals surface area contributed by atoms with Crippen molar-refractivity contribution in [1.82, 2.24) is 4.90 Å². The van der Waals surface area contributed by atoms with Crippen molar-refractivity contribution < 1.29 is 9.53 Å². The SMILES string of the molecule is CN(C)CCCC[C@H](N)C(=O)OCC1CCCCCCCC1. The Morgan fingerprint density at radius 1 is 1.09 bits per heavy atom. The van der Waals surface area contributed by atoms with E-state index in [9.17, 15) is 4.79 Å². The maximum Gasteiger partial charge on any atom is 0.322 e. The number of nitrogens with two attached hydrogens (primary N) is 1. The van der Waals surface area contributed by atoms with Crippen LogP contribution >= 0.6 is 0 Å². The molecule has 130 valence electrons. The minimum absolute atomic E-state index is 0.204. The lowest BCUT2D eigenvalue weighted by atomic mass is 9.98. The van der Waals surface area contributed by atoms with E-state index in [2.05, 4.69) is 19.0 Å². The van der Waals surface area contributed by atoms with Crippen molar-refractivity contribution in [1.29, 1.82) is 0 Å². The van der Waals surface area contributed by atoms with Gasteiger partial charge >= 0.3 is 5.97 Å². The van der Waals surface area contributed by atoms with Gasteiger partial charge in [0.25, 0.3) is 0 Å². The van der Waals surface area contributed by atoms with Gasteiger partial charge in [0.15, 0.2) is 0 Å². The first kappa shape index (κ1) is 19.4. The van der Waals surface area contributed by atoms with E-state index in [4.69, 9.17) is 10.5 Å². The highest BCUT2D eigenvalue weighted by Gasteiger charge is 2.18. The van der Waals surface area contributed by atoms with Gasteiger partial charge < -0.3 is 15.4 Å². The Morgan fingerprint density at radius 2 is 1.68 bits per heavy atom. The first-order chi connectivity index (χ1) is 10.6. The van der Waals surface area contributed by atoms with Crippen LogP contribution in [0.1, 0.15) is 70.6 Å². The molecule has 22 heavy (non-hydrogen) atoms. The van der Waals surface area contributed by atoms with Crippen LogP contribution in [0.4, 0.5) is 0 Å². The summed E-state index contributed by atoms with van der Waals surface area (Å²) in [4.78, 5) is 14.1. The second kappa shape index (κ2) is 11.9. The molecule has 1 atom stereocenters. The van der Waals surface area contributed by atoms with Crippen LogP contribution in [0.25, 0.3) is 0 Å². The summed E-state index contributed by atoms with van der Waals surface area (Å²) in [5, 5.41) is 0. The van der Waals surface area contributed by atoms with Crippen molar-refractivity contribution in [2.45, 2.75) is 76.7 Å². The predicted octanol–water partition coefficient (Wildman–Crippen LogP) is 3.34. The molecule has 0 unspecified atom stereocenters. The van der Waals surface area contributed by atoms with E-state index in [1.54, 1.807) is 0 Å². The van der Waals surface area contributed by atoms with Gasteiger partial charge in [0.2, 0.25) is 0 Å². The fourth-order valence-corrected chi connectivity index (χ4v) is 3.10. The lowest BCUT2D eigenvalue weighted by Crippen LogP contribution is -2.33. The molecular weight excluding hydrogens is 276 g/mol. The average molecular weight is 312 g/mol. The number of esters is 1. The molecule has 0 aromatic rings. The second-order valence-corrected chi connectivity index (χ2v) is 7.10. The van der Waals surface area contributed by atoms with Gasteiger partial charge in [-0.2, -0.15) is 0 Å². The number of carbonyl (C=O) groups excluding carboxylic acids is 1. The highest BCUT2D eigenvalue weighted by atomic mass is 16.5. The summed E-state index contributed by atoms with van der Waals surface area (Å²) in [5.74, 6) is 0.340. The Kier molecular flexibility index (Phi) is 10.5. The molecule has 0 bridgehead atoms. The van der Waals surface area contributed by atoms with Crippen molar-refractivity contribution in [2.75, 3.05) is 27.2 Å². The lowest BCUT2D eigenvalue weighted by molar-refractivity contribution is -0.147. The largest absolute Gasteiger partial charge is 0.464 e. The number of rotatable bonds is 8. The summed E-state index contributed by atoms with van der Waals surface area (Å²) < 4.78 is 5.48. The molecule has 4 nitrogen and oxygen atoms in total. The fourth-order valence-electron chi connectivity index (χ4n) is 3.10. The van der Waals surface area contributed by atoms with Crippen molar-refractivity contribution in [3.05, 3.63) is 0 Å². The molecule has 4 heteroatoms. The van der Waals surface area contributed by atoms with E-state index in [-0.39, 0.29) is 5.97 Å². The van der Waals surface area contributed by atoms with Crippen molar-refractivity contribution in [3.8, 4) is 0 Å². The van der Waals surface area contributed by atoms with Crippen LogP contribution in [-0.2, 0) is 9.53 Å². The highest BCUT2D eigenvalue weighted by molar-refractivity contribution is 5.75. The molecule has 1 fully saturated rings. The van der Waals surface area contributed by atoms with E-state index in [1.165, 1.54) is 51.4 Å². The van der Waals surface area contributed by atoms with Gasteiger partial charge in [-0.05, 0) is 52.2 Å². The van der Waals surface area contributed by atoms with Gasteiger partial charge in [-0.15, -0.1) is 0 Å². The maximum atomic E-state index is 12.0. The monoisotopic (exact) mass is 312 g/mol. The molecule has 0 radical (unpaired) electrons. The average Bonchev–Trinajstić information content (AvgIpc) is 2.62. The Labute approximate surface area is 136 Å². The summed E-state index contributed by atoms with van der Waals surface area (Å²) in [6, 6.07) is -0.446. The van der Waals surface area contributed by atoms with Crippen LogP contribution in [-0.4, -0.2) is 44.2 Å². The third-order valence-corrected chi connectivity index (χ3v) is 4.61. The number of ether oxygens (including phenoxy) is 1. The lowest BCUT2D eigenvalue weighted by Gasteiger charge is -2.18. The Morgan fingerprint density at radius 3 is 2.27 bits per heavy atom. The predicted molar refractivity (Wildman–Crippen MR) is 91.8 cm³/mol. The Balaban J connectivity index is 2.16. The van der Waals surface area contributed by atoms with Gasteiger partial charge in [-0.1, -0.05) is 44.9 Å².